The van der Waals surface area contributed by atoms with Gasteiger partial charge in [-0.3, -0.25) is 0 Å². The van der Waals surface area contributed by atoms with Crippen LogP contribution in [0.4, 0.5) is 4.39 Å². The number of halogens is 3. The molecule has 0 spiro atoms. The van der Waals surface area contributed by atoms with Crippen LogP contribution in [0.25, 0.3) is 0 Å². The van der Waals surface area contributed by atoms with Gasteiger partial charge in [0.15, 0.2) is 0 Å². The van der Waals surface area contributed by atoms with Gasteiger partial charge in [0.1, 0.15) is 23.7 Å². The number of benzene rings is 2. The fourth-order valence-corrected chi connectivity index (χ4v) is 2.06. The molecule has 20 heavy (non-hydrogen) atoms. The molecule has 0 aliphatic carbocycles. The maximum absolute atomic E-state index is 13.1. The molecule has 0 heterocycles. The van der Waals surface area contributed by atoms with Crippen LogP contribution in [0.15, 0.2) is 36.4 Å². The van der Waals surface area contributed by atoms with Crippen molar-refractivity contribution in [3.05, 3.63) is 63.4 Å². The summed E-state index contributed by atoms with van der Waals surface area (Å²) in [6.45, 7) is -0.0583. The average molecular weight is 315 g/mol. The highest BCUT2D eigenvalue weighted by molar-refractivity contribution is 6.33. The van der Waals surface area contributed by atoms with E-state index in [4.69, 9.17) is 33.0 Å². The number of aromatic carboxylic acids is 1. The van der Waals surface area contributed by atoms with Gasteiger partial charge < -0.3 is 9.84 Å². The number of hydrogen-bond donors (Lipinski definition) is 1. The zero-order valence-electron chi connectivity index (χ0n) is 10.1. The lowest BCUT2D eigenvalue weighted by Gasteiger charge is -2.11. The van der Waals surface area contributed by atoms with Gasteiger partial charge in [-0.1, -0.05) is 29.3 Å². The van der Waals surface area contributed by atoms with E-state index in [1.165, 1.54) is 30.3 Å². The molecule has 0 aromatic heterocycles. The Morgan fingerprint density at radius 3 is 2.65 bits per heavy atom. The van der Waals surface area contributed by atoms with Gasteiger partial charge in [0.05, 0.1) is 5.02 Å². The van der Waals surface area contributed by atoms with Crippen LogP contribution in [0, 0.1) is 5.82 Å². The smallest absolute Gasteiger partial charge is 0.341 e. The summed E-state index contributed by atoms with van der Waals surface area (Å²) in [5.41, 5.74) is 0.282. The van der Waals surface area contributed by atoms with E-state index >= 15 is 0 Å². The topological polar surface area (TPSA) is 46.5 Å². The first-order valence-corrected chi connectivity index (χ1v) is 6.33. The third-order valence-corrected chi connectivity index (χ3v) is 3.26. The molecule has 0 atom stereocenters. The Hall–Kier alpha value is -1.78. The first-order valence-electron chi connectivity index (χ1n) is 5.57. The van der Waals surface area contributed by atoms with E-state index in [1.54, 1.807) is 6.07 Å². The molecule has 2 aromatic carbocycles. The van der Waals surface area contributed by atoms with Crippen molar-refractivity contribution in [2.24, 2.45) is 0 Å². The molecule has 0 aliphatic heterocycles. The van der Waals surface area contributed by atoms with Crippen LogP contribution >= 0.6 is 23.2 Å². The molecule has 0 unspecified atom stereocenters. The SMILES string of the molecule is O=C(O)c1c(Cl)cccc1OCc1cc(F)ccc1Cl. The van der Waals surface area contributed by atoms with Crippen LogP contribution in [-0.2, 0) is 6.61 Å². The number of carboxylic acid groups (broad SMARTS) is 1. The molecule has 0 saturated heterocycles. The normalized spacial score (nSPS) is 10.3. The van der Waals surface area contributed by atoms with Crippen molar-refractivity contribution in [2.75, 3.05) is 0 Å². The standard InChI is InChI=1S/C14H9Cl2FO3/c15-10-5-4-9(17)6-8(10)7-20-12-3-1-2-11(16)13(12)14(18)19/h1-6H,7H2,(H,18,19). The number of rotatable bonds is 4. The Bertz CT molecular complexity index is 659. The quantitative estimate of drug-likeness (QED) is 0.909. The number of carboxylic acids is 1. The summed E-state index contributed by atoms with van der Waals surface area (Å²) in [6.07, 6.45) is 0. The van der Waals surface area contributed by atoms with E-state index in [9.17, 15) is 9.18 Å². The van der Waals surface area contributed by atoms with Gasteiger partial charge in [-0.15, -0.1) is 0 Å². The molecule has 2 aromatic rings. The van der Waals surface area contributed by atoms with Crippen molar-refractivity contribution >= 4 is 29.2 Å². The second kappa shape index (κ2) is 6.11. The molecular weight excluding hydrogens is 306 g/mol. The molecule has 0 aliphatic rings. The second-order valence-corrected chi connectivity index (χ2v) is 4.76. The van der Waals surface area contributed by atoms with E-state index in [-0.39, 0.29) is 22.9 Å². The molecule has 6 heteroatoms. The molecular formula is C14H9Cl2FO3. The first kappa shape index (κ1) is 14.6. The maximum atomic E-state index is 13.1. The summed E-state index contributed by atoms with van der Waals surface area (Å²) in [4.78, 5) is 11.1. The molecule has 0 bridgehead atoms. The van der Waals surface area contributed by atoms with Crippen molar-refractivity contribution in [1.82, 2.24) is 0 Å². The number of carbonyl (C=O) groups is 1. The number of ether oxygens (including phenoxy) is 1. The van der Waals surface area contributed by atoms with Crippen LogP contribution in [0.2, 0.25) is 10.0 Å². The Kier molecular flexibility index (Phi) is 4.47. The van der Waals surface area contributed by atoms with Crippen molar-refractivity contribution in [1.29, 1.82) is 0 Å². The van der Waals surface area contributed by atoms with Crippen molar-refractivity contribution in [2.45, 2.75) is 6.61 Å². The minimum absolute atomic E-state index is 0.0583. The summed E-state index contributed by atoms with van der Waals surface area (Å²) in [5, 5.41) is 9.50. The zero-order chi connectivity index (χ0) is 14.7. The molecule has 1 N–H and O–H groups in total. The van der Waals surface area contributed by atoms with Crippen molar-refractivity contribution < 1.29 is 19.0 Å². The minimum Gasteiger partial charge on any atom is -0.488 e. The van der Waals surface area contributed by atoms with Crippen LogP contribution in [-0.4, -0.2) is 11.1 Å². The van der Waals surface area contributed by atoms with E-state index in [1.807, 2.05) is 0 Å². The number of hydrogen-bond acceptors (Lipinski definition) is 2. The summed E-state index contributed by atoms with van der Waals surface area (Å²) in [6, 6.07) is 8.36. The van der Waals surface area contributed by atoms with E-state index in [0.717, 1.165) is 0 Å². The third-order valence-electron chi connectivity index (χ3n) is 2.58. The van der Waals surface area contributed by atoms with E-state index < -0.39 is 11.8 Å². The largest absolute Gasteiger partial charge is 0.488 e. The zero-order valence-corrected chi connectivity index (χ0v) is 11.6. The van der Waals surface area contributed by atoms with Gasteiger partial charge in [-0.05, 0) is 30.3 Å². The van der Waals surface area contributed by atoms with Gasteiger partial charge in [-0.25, -0.2) is 9.18 Å². The van der Waals surface area contributed by atoms with Crippen molar-refractivity contribution in [3.8, 4) is 5.75 Å². The Morgan fingerprint density at radius 1 is 1.20 bits per heavy atom. The van der Waals surface area contributed by atoms with E-state index in [0.29, 0.717) is 10.6 Å². The summed E-state index contributed by atoms with van der Waals surface area (Å²) in [7, 11) is 0. The Labute approximate surface area is 124 Å². The van der Waals surface area contributed by atoms with Crippen LogP contribution in [0.3, 0.4) is 0 Å². The fourth-order valence-electron chi connectivity index (χ4n) is 1.64. The molecule has 2 rings (SSSR count). The highest BCUT2D eigenvalue weighted by Crippen LogP contribution is 2.28. The summed E-state index contributed by atoms with van der Waals surface area (Å²) < 4.78 is 18.5. The highest BCUT2D eigenvalue weighted by Gasteiger charge is 2.16. The lowest BCUT2D eigenvalue weighted by atomic mass is 10.2. The van der Waals surface area contributed by atoms with E-state index in [2.05, 4.69) is 0 Å². The monoisotopic (exact) mass is 314 g/mol. The van der Waals surface area contributed by atoms with Crippen LogP contribution in [0.5, 0.6) is 5.75 Å². The second-order valence-electron chi connectivity index (χ2n) is 3.94. The maximum Gasteiger partial charge on any atom is 0.341 e. The summed E-state index contributed by atoms with van der Waals surface area (Å²) in [5.74, 6) is -1.54. The fraction of sp³-hybridized carbons (Fsp3) is 0.0714. The minimum atomic E-state index is -1.20. The average Bonchev–Trinajstić information content (AvgIpc) is 2.39. The Balaban J connectivity index is 2.25. The predicted molar refractivity (Wildman–Crippen MR) is 74.2 cm³/mol. The lowest BCUT2D eigenvalue weighted by Crippen LogP contribution is -2.04. The predicted octanol–water partition coefficient (Wildman–Crippen LogP) is 4.41. The highest BCUT2D eigenvalue weighted by atomic mass is 35.5. The molecule has 0 saturated carbocycles. The molecule has 0 amide bonds. The van der Waals surface area contributed by atoms with Gasteiger partial charge in [-0.2, -0.15) is 0 Å². The van der Waals surface area contributed by atoms with Crippen LogP contribution in [0.1, 0.15) is 15.9 Å². The molecule has 0 fully saturated rings. The molecule has 104 valence electrons. The van der Waals surface area contributed by atoms with Gasteiger partial charge in [0.25, 0.3) is 0 Å². The Morgan fingerprint density at radius 2 is 1.95 bits per heavy atom. The summed E-state index contributed by atoms with van der Waals surface area (Å²) >= 11 is 11.7. The third kappa shape index (κ3) is 3.21. The lowest BCUT2D eigenvalue weighted by molar-refractivity contribution is 0.0692. The molecule has 3 nitrogen and oxygen atoms in total. The van der Waals surface area contributed by atoms with Gasteiger partial charge in [0, 0.05) is 10.6 Å². The molecule has 0 radical (unpaired) electrons. The first-order chi connectivity index (χ1) is 9.49. The van der Waals surface area contributed by atoms with Crippen LogP contribution < -0.4 is 4.74 Å². The van der Waals surface area contributed by atoms with Gasteiger partial charge in [0.2, 0.25) is 0 Å². The van der Waals surface area contributed by atoms with Crippen molar-refractivity contribution in [3.63, 3.8) is 0 Å². The van der Waals surface area contributed by atoms with Gasteiger partial charge >= 0.3 is 5.97 Å².